The Kier molecular flexibility index (Phi) is 4.32. The summed E-state index contributed by atoms with van der Waals surface area (Å²) in [5.74, 6) is 0.684. The maximum Gasteiger partial charge on any atom is 0.270 e. The molecule has 0 aromatic heterocycles. The first kappa shape index (κ1) is 15.5. The van der Waals surface area contributed by atoms with Crippen LogP contribution in [0.5, 0.6) is 5.75 Å². The van der Waals surface area contributed by atoms with E-state index in [4.69, 9.17) is 4.74 Å². The largest absolute Gasteiger partial charge is 0.497 e. The molecule has 1 aromatic carbocycles. The summed E-state index contributed by atoms with van der Waals surface area (Å²) in [6.45, 7) is 0.720. The molecule has 0 aliphatic carbocycles. The maximum atomic E-state index is 12.8. The second-order valence-corrected chi connectivity index (χ2v) is 5.90. The van der Waals surface area contributed by atoms with Gasteiger partial charge in [-0.25, -0.2) is 5.01 Å². The van der Waals surface area contributed by atoms with Crippen molar-refractivity contribution in [1.29, 1.82) is 0 Å². The Balaban J connectivity index is 1.82. The Morgan fingerprint density at radius 2 is 2.17 bits per heavy atom. The molecule has 0 N–H and O–H groups in total. The number of likely N-dealkylation sites (tertiary alicyclic amines) is 1. The zero-order chi connectivity index (χ0) is 16.4. The predicted octanol–water partition coefficient (Wildman–Crippen LogP) is 1.97. The van der Waals surface area contributed by atoms with E-state index in [1.807, 2.05) is 29.2 Å². The standard InChI is InChI=1S/C17H21N3O3/c1-19-16(21)9-8-14(18-19)17(22)20-10-4-7-15(20)12-5-3-6-13(11-12)23-2/h3,5-6,11,15H,4,7-10H2,1-2H3/t15-/m1/s1. The molecule has 6 heteroatoms. The predicted molar refractivity (Wildman–Crippen MR) is 86.1 cm³/mol. The van der Waals surface area contributed by atoms with Gasteiger partial charge in [0.05, 0.1) is 13.2 Å². The highest BCUT2D eigenvalue weighted by atomic mass is 16.5. The first-order chi connectivity index (χ1) is 11.1. The van der Waals surface area contributed by atoms with Gasteiger partial charge in [0.25, 0.3) is 5.91 Å². The SMILES string of the molecule is COc1cccc([C@H]2CCCN2C(=O)C2=NN(C)C(=O)CC2)c1. The van der Waals surface area contributed by atoms with Gasteiger partial charge in [-0.2, -0.15) is 5.10 Å². The smallest absolute Gasteiger partial charge is 0.270 e. The van der Waals surface area contributed by atoms with Crippen LogP contribution in [0.2, 0.25) is 0 Å². The molecule has 2 aliphatic rings. The van der Waals surface area contributed by atoms with Crippen molar-refractivity contribution in [1.82, 2.24) is 9.91 Å². The summed E-state index contributed by atoms with van der Waals surface area (Å²) in [5, 5.41) is 5.43. The van der Waals surface area contributed by atoms with E-state index in [1.54, 1.807) is 14.2 Å². The minimum absolute atomic E-state index is 0.0447. The number of methoxy groups -OCH3 is 1. The number of hydrogen-bond acceptors (Lipinski definition) is 4. The third kappa shape index (κ3) is 3.06. The van der Waals surface area contributed by atoms with Gasteiger partial charge in [-0.15, -0.1) is 0 Å². The topological polar surface area (TPSA) is 62.2 Å². The van der Waals surface area contributed by atoms with Crippen LogP contribution in [0.4, 0.5) is 0 Å². The highest BCUT2D eigenvalue weighted by molar-refractivity contribution is 6.39. The van der Waals surface area contributed by atoms with Crippen molar-refractivity contribution in [3.63, 3.8) is 0 Å². The van der Waals surface area contributed by atoms with E-state index in [0.717, 1.165) is 30.7 Å². The normalized spacial score (nSPS) is 21.4. The molecule has 3 rings (SSSR count). The lowest BCUT2D eigenvalue weighted by Gasteiger charge is -2.28. The molecule has 1 saturated heterocycles. The van der Waals surface area contributed by atoms with Crippen LogP contribution in [0.3, 0.4) is 0 Å². The van der Waals surface area contributed by atoms with Crippen LogP contribution < -0.4 is 4.74 Å². The van der Waals surface area contributed by atoms with Crippen molar-refractivity contribution in [2.75, 3.05) is 20.7 Å². The van der Waals surface area contributed by atoms with Gasteiger partial charge in [-0.3, -0.25) is 9.59 Å². The third-order valence-electron chi connectivity index (χ3n) is 4.45. The minimum atomic E-state index is -0.0605. The van der Waals surface area contributed by atoms with E-state index in [0.29, 0.717) is 18.6 Å². The van der Waals surface area contributed by atoms with Crippen molar-refractivity contribution in [3.8, 4) is 5.75 Å². The van der Waals surface area contributed by atoms with E-state index in [-0.39, 0.29) is 17.9 Å². The Bertz CT molecular complexity index is 656. The Morgan fingerprint density at radius 1 is 1.35 bits per heavy atom. The Hall–Kier alpha value is -2.37. The van der Waals surface area contributed by atoms with Crippen LogP contribution in [-0.4, -0.2) is 48.1 Å². The summed E-state index contributed by atoms with van der Waals surface area (Å²) in [7, 11) is 3.23. The molecular weight excluding hydrogens is 294 g/mol. The van der Waals surface area contributed by atoms with Gasteiger partial charge in [0.2, 0.25) is 5.91 Å². The molecule has 2 aliphatic heterocycles. The zero-order valence-corrected chi connectivity index (χ0v) is 13.5. The van der Waals surface area contributed by atoms with Crippen LogP contribution >= 0.6 is 0 Å². The van der Waals surface area contributed by atoms with Crippen molar-refractivity contribution in [2.45, 2.75) is 31.7 Å². The van der Waals surface area contributed by atoms with Crippen molar-refractivity contribution in [2.24, 2.45) is 5.10 Å². The Labute approximate surface area is 135 Å². The second kappa shape index (κ2) is 6.40. The first-order valence-electron chi connectivity index (χ1n) is 7.89. The summed E-state index contributed by atoms with van der Waals surface area (Å²) in [4.78, 5) is 26.2. The monoisotopic (exact) mass is 315 g/mol. The number of ether oxygens (including phenoxy) is 1. The molecule has 0 bridgehead atoms. The van der Waals surface area contributed by atoms with Crippen LogP contribution in [0.15, 0.2) is 29.4 Å². The molecule has 0 radical (unpaired) electrons. The van der Waals surface area contributed by atoms with Crippen molar-refractivity contribution < 1.29 is 14.3 Å². The third-order valence-corrected chi connectivity index (χ3v) is 4.45. The number of nitrogens with zero attached hydrogens (tertiary/aromatic N) is 3. The van der Waals surface area contributed by atoms with Gasteiger partial charge in [0.15, 0.2) is 0 Å². The molecule has 1 fully saturated rings. The summed E-state index contributed by atoms with van der Waals surface area (Å²) in [6, 6.07) is 7.89. The number of carbonyl (C=O) groups excluding carboxylic acids is 2. The van der Waals surface area contributed by atoms with Crippen LogP contribution in [-0.2, 0) is 9.59 Å². The quantitative estimate of drug-likeness (QED) is 0.856. The number of hydrazone groups is 1. The number of carbonyl (C=O) groups is 2. The maximum absolute atomic E-state index is 12.8. The van der Waals surface area contributed by atoms with Gasteiger partial charge in [0.1, 0.15) is 11.5 Å². The van der Waals surface area contributed by atoms with Gasteiger partial charge < -0.3 is 9.64 Å². The Morgan fingerprint density at radius 3 is 2.91 bits per heavy atom. The molecule has 0 unspecified atom stereocenters. The van der Waals surface area contributed by atoms with Crippen LogP contribution in [0.25, 0.3) is 0 Å². The number of amides is 2. The van der Waals surface area contributed by atoms with E-state index in [2.05, 4.69) is 5.10 Å². The molecule has 6 nitrogen and oxygen atoms in total. The van der Waals surface area contributed by atoms with Crippen molar-refractivity contribution in [3.05, 3.63) is 29.8 Å². The molecule has 1 aromatic rings. The van der Waals surface area contributed by atoms with Gasteiger partial charge in [0, 0.05) is 26.4 Å². The summed E-state index contributed by atoms with van der Waals surface area (Å²) in [6.07, 6.45) is 2.67. The van der Waals surface area contributed by atoms with E-state index < -0.39 is 0 Å². The molecule has 23 heavy (non-hydrogen) atoms. The highest BCUT2D eigenvalue weighted by Gasteiger charge is 2.34. The molecule has 2 amide bonds. The van der Waals surface area contributed by atoms with Crippen LogP contribution in [0.1, 0.15) is 37.3 Å². The zero-order valence-electron chi connectivity index (χ0n) is 13.5. The van der Waals surface area contributed by atoms with E-state index in [9.17, 15) is 9.59 Å². The molecule has 0 spiro atoms. The molecule has 1 atom stereocenters. The average Bonchev–Trinajstić information content (AvgIpc) is 3.06. The second-order valence-electron chi connectivity index (χ2n) is 5.90. The van der Waals surface area contributed by atoms with Crippen molar-refractivity contribution >= 4 is 17.5 Å². The number of benzene rings is 1. The summed E-state index contributed by atoms with van der Waals surface area (Å²) in [5.41, 5.74) is 1.55. The fourth-order valence-electron chi connectivity index (χ4n) is 3.19. The summed E-state index contributed by atoms with van der Waals surface area (Å²) >= 11 is 0. The lowest BCUT2D eigenvalue weighted by molar-refractivity contribution is -0.130. The lowest BCUT2D eigenvalue weighted by Crippen LogP contribution is -2.40. The lowest BCUT2D eigenvalue weighted by atomic mass is 10.0. The number of hydrogen-bond donors (Lipinski definition) is 0. The fourth-order valence-corrected chi connectivity index (χ4v) is 3.19. The van der Waals surface area contributed by atoms with Crippen LogP contribution in [0, 0.1) is 0 Å². The molecular formula is C17H21N3O3. The average molecular weight is 315 g/mol. The van der Waals surface area contributed by atoms with E-state index in [1.165, 1.54) is 5.01 Å². The molecule has 0 saturated carbocycles. The van der Waals surface area contributed by atoms with Gasteiger partial charge in [-0.1, -0.05) is 12.1 Å². The van der Waals surface area contributed by atoms with Gasteiger partial charge >= 0.3 is 0 Å². The molecule has 2 heterocycles. The molecule has 122 valence electrons. The fraction of sp³-hybridized carbons (Fsp3) is 0.471. The summed E-state index contributed by atoms with van der Waals surface area (Å²) < 4.78 is 5.28. The highest BCUT2D eigenvalue weighted by Crippen LogP contribution is 2.34. The minimum Gasteiger partial charge on any atom is -0.497 e. The first-order valence-corrected chi connectivity index (χ1v) is 7.89. The number of rotatable bonds is 3. The van der Waals surface area contributed by atoms with E-state index >= 15 is 0 Å². The van der Waals surface area contributed by atoms with Gasteiger partial charge in [-0.05, 0) is 30.5 Å².